The number of nitrogens with one attached hydrogen (secondary N) is 12. The number of para-hydroxylation sites is 2. The predicted octanol–water partition coefficient (Wildman–Crippen LogP) is -4.80. The molecule has 18 amide bonds. The van der Waals surface area contributed by atoms with Gasteiger partial charge < -0.3 is 131 Å². The van der Waals surface area contributed by atoms with Crippen molar-refractivity contribution in [2.75, 3.05) is 71.5 Å². The molecule has 0 saturated carbocycles. The van der Waals surface area contributed by atoms with Gasteiger partial charge in [-0.25, -0.2) is 0 Å². The van der Waals surface area contributed by atoms with Crippen LogP contribution in [0.2, 0.25) is 0 Å². The number of carbonyl (C=O) groups is 18. The quantitative estimate of drug-likeness (QED) is 0.0309. The van der Waals surface area contributed by atoms with Crippen molar-refractivity contribution in [2.45, 2.75) is 227 Å². The Morgan fingerprint density at radius 3 is 1.69 bits per heavy atom. The van der Waals surface area contributed by atoms with E-state index in [1.54, 1.807) is 74.8 Å². The van der Waals surface area contributed by atoms with E-state index < -0.39 is 273 Å². The van der Waals surface area contributed by atoms with E-state index in [1.165, 1.54) is 45.3 Å². The number of carbonyl (C=O) groups excluding carboxylic acids is 18. The number of likely N-dealkylation sites (N-methyl/N-ethyl adjacent to an activating group) is 2. The summed E-state index contributed by atoms with van der Waals surface area (Å²) in [6.07, 6.45) is 0.137. The van der Waals surface area contributed by atoms with Gasteiger partial charge in [-0.3, -0.25) is 86.3 Å². The van der Waals surface area contributed by atoms with Gasteiger partial charge in [-0.2, -0.15) is 0 Å². The van der Waals surface area contributed by atoms with Gasteiger partial charge >= 0.3 is 0 Å². The summed E-state index contributed by atoms with van der Waals surface area (Å²) < 4.78 is 6.08. The molecule has 5 aromatic rings. The van der Waals surface area contributed by atoms with Crippen molar-refractivity contribution >= 4 is 140 Å². The number of primary amides is 3. The number of benzene rings is 3. The minimum absolute atomic E-state index is 0.000941. The van der Waals surface area contributed by atoms with Crippen LogP contribution in [-0.2, 0) is 110 Å². The second kappa shape index (κ2) is 47.1. The minimum Gasteiger partial charge on any atom is -0.508 e. The Kier molecular flexibility index (Phi) is 36.7. The molecular formula is C87H121N21O22S. The number of ether oxygens (including phenoxy) is 1. The first-order valence-electron chi connectivity index (χ1n) is 43.6. The molecule has 712 valence electrons. The molecule has 6 heterocycles. The lowest BCUT2D eigenvalue weighted by Crippen LogP contribution is -2.66. The van der Waals surface area contributed by atoms with Crippen LogP contribution in [0.4, 0.5) is 0 Å². The van der Waals surface area contributed by atoms with E-state index in [9.17, 15) is 68.1 Å². The summed E-state index contributed by atoms with van der Waals surface area (Å²) in [4.78, 5) is 272. The molecule has 23 N–H and O–H groups in total. The molecule has 0 aliphatic carbocycles. The summed E-state index contributed by atoms with van der Waals surface area (Å²) in [7, 11) is 2.68. The summed E-state index contributed by atoms with van der Waals surface area (Å²) >= 11 is 0.771. The Labute approximate surface area is 759 Å². The van der Waals surface area contributed by atoms with Crippen LogP contribution in [0.1, 0.15) is 128 Å². The van der Waals surface area contributed by atoms with Crippen LogP contribution >= 0.6 is 11.8 Å². The van der Waals surface area contributed by atoms with Gasteiger partial charge in [0.15, 0.2) is 0 Å². The fraction of sp³-hybridized carbons (Fsp3) is 0.540. The number of morpholine rings is 1. The zero-order valence-electron chi connectivity index (χ0n) is 74.3. The lowest BCUT2D eigenvalue weighted by molar-refractivity contribution is -0.166. The predicted molar refractivity (Wildman–Crippen MR) is 475 cm³/mol. The summed E-state index contributed by atoms with van der Waals surface area (Å²) in [6, 6.07) is -3.08. The number of aliphatic hydroxyl groups excluding tert-OH is 2. The van der Waals surface area contributed by atoms with Crippen LogP contribution in [0.3, 0.4) is 0 Å². The van der Waals surface area contributed by atoms with E-state index in [2.05, 4.69) is 63.1 Å². The average Bonchev–Trinajstić information content (AvgIpc) is 1.66. The van der Waals surface area contributed by atoms with Crippen molar-refractivity contribution in [3.05, 3.63) is 102 Å². The molecule has 43 nitrogen and oxygen atoms in total. The number of amides is 18. The number of aliphatic hydroxyl groups is 2. The van der Waals surface area contributed by atoms with Crippen LogP contribution in [0, 0.1) is 0 Å². The zero-order valence-corrected chi connectivity index (χ0v) is 75.1. The molecule has 0 spiro atoms. The van der Waals surface area contributed by atoms with Crippen LogP contribution in [0.5, 0.6) is 5.75 Å². The highest BCUT2D eigenvalue weighted by atomic mass is 32.2. The second-order valence-corrected chi connectivity index (χ2v) is 35.0. The Morgan fingerprint density at radius 1 is 0.550 bits per heavy atom. The number of H-pyrrole nitrogens is 2. The first kappa shape index (κ1) is 102. The third-order valence-corrected chi connectivity index (χ3v) is 24.6. The maximum absolute atomic E-state index is 15.6. The van der Waals surface area contributed by atoms with E-state index in [0.717, 1.165) is 36.3 Å². The summed E-state index contributed by atoms with van der Waals surface area (Å²) in [5.74, 6) is -18.8. The third kappa shape index (κ3) is 27.4. The lowest BCUT2D eigenvalue weighted by Gasteiger charge is -2.44. The molecular weight excluding hydrogens is 1720 g/mol. The first-order chi connectivity index (χ1) is 62.2. The van der Waals surface area contributed by atoms with Crippen molar-refractivity contribution in [2.24, 2.45) is 22.9 Å². The SMILES string of the molecule is CCCC[C@H]1C(=O)N(C)[C@@H](CCCC)C(=O)N[C@@H](C)C(=O)N[C@H](C(=O)NCC(N)=O)CSCC(=O)N[C@@H](Cc2ccc(O)cc2)C(=O)N2CC(C)(C)OC[C@H]2C(=O)N[C@@H](CC(N)=O)C(=O)N2CCC[C@H]2C(=O)N[C@@H](CN)C(=O)N[C@@H](CCC(N)=O)C(=O)N2C[C@H](O)C[C@H]2C(=O)N[C@@H](Cc2c[nH]c3ccccc23)C(=O)N[C@@H](CO)C(=O)N[C@@H](Cc2c[nH]c3ccccc23)C(=O)N1C. The number of fused-ring (bicyclic) bond motifs is 5. The smallest absolute Gasteiger partial charge is 0.246 e. The van der Waals surface area contributed by atoms with Gasteiger partial charge in [0, 0.05) is 106 Å². The number of phenols is 1. The van der Waals surface area contributed by atoms with E-state index in [-0.39, 0.29) is 63.8 Å². The number of phenolic OH excluding ortho intramolecular Hbond substituents is 1. The number of unbranched alkanes of at least 4 members (excludes halogenated alkanes) is 2. The number of hydrogen-bond acceptors (Lipinski definition) is 24. The van der Waals surface area contributed by atoms with Gasteiger partial charge in [0.2, 0.25) is 106 Å². The standard InChI is InChI=1S/C87H121N21O22S/c1-8-10-21-64-78(121)95-46(3)73(116)103-63(74(117)94-39-71(91)114)43-131-44-72(115)96-58(31-47-24-26-50(110)27-25-47)85(128)108-45-87(4,5)130-42-68(108)81(124)100-60(35-70(90)113)84(127)106-30-16-23-65(106)79(122)101-61(36-88)76(119)97-56(28-29-69(89)112)83(126)107-40-51(111)34-67(107)80(123)98-57(32-48-37-92-54-19-14-12-17-52(48)54)75(118)102-62(41-109)77(120)99-59(33-49-38-93-55-20-15-13-18-53(49)55)82(125)105(7)66(22-11-9-2)86(129)104(64)6/h12-15,17-20,24-27,37-38,46,51,56-68,92-93,109-111H,8-11,16,21-23,28-36,39-45,88H2,1-7H3,(H2,89,112)(H2,90,113)(H2,91,114)(H,94,117)(H,95,121)(H,96,115)(H,97,119)(H,98,123)(H,99,120)(H,100,124)(H,101,122)(H,102,118)(H,103,116)/t46-,51+,56-,57-,58-,59-,60-,61-,62-,63-,64-,65-,66-,67-,68-/m0/s1. The molecule has 0 unspecified atom stereocenters. The molecule has 0 radical (unpaired) electrons. The second-order valence-electron chi connectivity index (χ2n) is 33.9. The normalized spacial score (nSPS) is 26.1. The Hall–Kier alpha value is -12.8. The maximum Gasteiger partial charge on any atom is 0.246 e. The fourth-order valence-electron chi connectivity index (χ4n) is 16.4. The summed E-state index contributed by atoms with van der Waals surface area (Å²) in [5.41, 5.74) is 24.3. The van der Waals surface area contributed by atoms with Crippen molar-refractivity contribution in [1.29, 1.82) is 0 Å². The summed E-state index contributed by atoms with van der Waals surface area (Å²) in [6.45, 7) is 4.03. The number of rotatable bonds is 22. The number of thioether (sulfide) groups is 1. The monoisotopic (exact) mass is 1840 g/mol. The third-order valence-electron chi connectivity index (χ3n) is 23.5. The Balaban J connectivity index is 1.08. The number of aromatic amines is 2. The van der Waals surface area contributed by atoms with Crippen LogP contribution in [0.25, 0.3) is 21.8 Å². The van der Waals surface area contributed by atoms with Crippen molar-refractivity contribution < 1.29 is 106 Å². The van der Waals surface area contributed by atoms with Crippen LogP contribution in [-0.4, -0.2) is 324 Å². The van der Waals surface area contributed by atoms with E-state index in [1.807, 2.05) is 13.8 Å². The van der Waals surface area contributed by atoms with Gasteiger partial charge in [0.25, 0.3) is 0 Å². The minimum atomic E-state index is -1.91. The zero-order chi connectivity index (χ0) is 95.8. The molecule has 4 aliphatic heterocycles. The largest absolute Gasteiger partial charge is 0.508 e. The lowest BCUT2D eigenvalue weighted by atomic mass is 9.99. The maximum atomic E-state index is 15.6. The van der Waals surface area contributed by atoms with Crippen molar-refractivity contribution in [3.63, 3.8) is 0 Å². The highest BCUT2D eigenvalue weighted by Gasteiger charge is 2.48. The number of aromatic hydroxyl groups is 1. The van der Waals surface area contributed by atoms with Crippen LogP contribution < -0.4 is 76.1 Å². The van der Waals surface area contributed by atoms with Crippen molar-refractivity contribution in [1.82, 2.24) is 87.6 Å². The molecule has 4 saturated heterocycles. The molecule has 2 aromatic heterocycles. The molecule has 0 bridgehead atoms. The van der Waals surface area contributed by atoms with Crippen molar-refractivity contribution in [3.8, 4) is 5.75 Å². The van der Waals surface area contributed by atoms with Crippen LogP contribution in [0.15, 0.2) is 85.2 Å². The molecule has 131 heavy (non-hydrogen) atoms. The molecule has 4 fully saturated rings. The van der Waals surface area contributed by atoms with Gasteiger partial charge in [0.05, 0.1) is 50.2 Å². The summed E-state index contributed by atoms with van der Waals surface area (Å²) in [5, 5.41) is 59.6. The Morgan fingerprint density at radius 2 is 1.08 bits per heavy atom. The molecule has 3 aromatic carbocycles. The Bertz CT molecular complexity index is 5010. The van der Waals surface area contributed by atoms with Gasteiger partial charge in [-0.15, -0.1) is 11.8 Å². The van der Waals surface area contributed by atoms with E-state index >= 15 is 33.6 Å². The molecule has 9 rings (SSSR count). The average molecular weight is 1850 g/mol. The fourth-order valence-corrected chi connectivity index (χ4v) is 17.2. The number of aromatic nitrogens is 2. The number of nitrogens with zero attached hydrogens (tertiary/aromatic N) is 5. The van der Waals surface area contributed by atoms with Gasteiger partial charge in [0.1, 0.15) is 90.3 Å². The molecule has 15 atom stereocenters. The highest BCUT2D eigenvalue weighted by molar-refractivity contribution is 8.00. The van der Waals surface area contributed by atoms with Gasteiger partial charge in [-0.1, -0.05) is 88.1 Å². The van der Waals surface area contributed by atoms with Gasteiger partial charge in [-0.05, 0) is 93.8 Å². The molecule has 4 aliphatic rings. The number of hydrogen-bond donors (Lipinski definition) is 19. The van der Waals surface area contributed by atoms with E-state index in [4.69, 9.17) is 27.7 Å². The topological polar surface area (TPSA) is 649 Å². The highest BCUT2D eigenvalue weighted by Crippen LogP contribution is 2.29. The van der Waals surface area contributed by atoms with E-state index in [0.29, 0.717) is 64.2 Å². The number of nitrogens with two attached hydrogens (primary N) is 4. The first-order valence-corrected chi connectivity index (χ1v) is 44.8. The molecule has 44 heteroatoms.